The average Bonchev–Trinajstić information content (AvgIpc) is 2.42. The minimum atomic E-state index is -0.723. The second-order valence-electron chi connectivity index (χ2n) is 4.94. The van der Waals surface area contributed by atoms with E-state index in [1.165, 1.54) is 0 Å². The van der Waals surface area contributed by atoms with Gasteiger partial charge in [-0.2, -0.15) is 0 Å². The molecule has 1 aromatic carbocycles. The topological polar surface area (TPSA) is 46.3 Å². The zero-order chi connectivity index (χ0) is 15.3. The number of nitrogens with zero attached hydrogens (tertiary/aromatic N) is 1. The van der Waals surface area contributed by atoms with E-state index in [2.05, 4.69) is 15.9 Å². The molecule has 0 aliphatic heterocycles. The van der Waals surface area contributed by atoms with Gasteiger partial charge >= 0.3 is 0 Å². The molecule has 1 aromatic rings. The van der Waals surface area contributed by atoms with Gasteiger partial charge in [0.1, 0.15) is 0 Å². The van der Waals surface area contributed by atoms with Gasteiger partial charge in [-0.1, -0.05) is 54.1 Å². The number of hydrogen-bond donors (Lipinski definition) is 1. The van der Waals surface area contributed by atoms with Crippen LogP contribution in [0, 0.1) is 5.41 Å². The van der Waals surface area contributed by atoms with Crippen molar-refractivity contribution in [1.82, 2.24) is 4.90 Å². The third-order valence-corrected chi connectivity index (χ3v) is 4.69. The Bertz CT molecular complexity index is 483. The highest BCUT2D eigenvalue weighted by Crippen LogP contribution is 2.29. The van der Waals surface area contributed by atoms with Gasteiger partial charge in [0.15, 0.2) is 0 Å². The van der Waals surface area contributed by atoms with Crippen molar-refractivity contribution in [2.24, 2.45) is 11.1 Å². The molecule has 0 radical (unpaired) electrons. The summed E-state index contributed by atoms with van der Waals surface area (Å²) in [7, 11) is 1.79. The maximum Gasteiger partial charge on any atom is 0.235 e. The van der Waals surface area contributed by atoms with Crippen molar-refractivity contribution in [3.05, 3.63) is 34.3 Å². The van der Waals surface area contributed by atoms with Gasteiger partial charge in [-0.05, 0) is 30.5 Å². The number of hydrogen-bond acceptors (Lipinski definition) is 2. The molecule has 2 N–H and O–H groups in total. The Morgan fingerprint density at radius 3 is 2.20 bits per heavy atom. The van der Waals surface area contributed by atoms with Crippen molar-refractivity contribution in [1.29, 1.82) is 0 Å². The SMILES string of the molecule is CCC(CC)(C(=O)N(C)Cc1ccc(Br)cc1)C(N)=S. The standard InChI is InChI=1S/C15H21BrN2OS/c1-4-15(5-2,13(17)20)14(19)18(3)10-11-6-8-12(16)9-7-11/h6-9H,4-5,10H2,1-3H3,(H2,17,20). The van der Waals surface area contributed by atoms with Gasteiger partial charge in [0, 0.05) is 18.1 Å². The van der Waals surface area contributed by atoms with Crippen molar-refractivity contribution in [3.63, 3.8) is 0 Å². The van der Waals surface area contributed by atoms with E-state index in [-0.39, 0.29) is 10.9 Å². The molecule has 0 aliphatic carbocycles. The van der Waals surface area contributed by atoms with Gasteiger partial charge in [-0.25, -0.2) is 0 Å². The number of nitrogens with two attached hydrogens (primary N) is 1. The molecule has 0 aliphatic rings. The molecule has 20 heavy (non-hydrogen) atoms. The van der Waals surface area contributed by atoms with Crippen LogP contribution in [0.2, 0.25) is 0 Å². The molecule has 0 fully saturated rings. The lowest BCUT2D eigenvalue weighted by Crippen LogP contribution is -2.48. The quantitative estimate of drug-likeness (QED) is 0.793. The number of carbonyl (C=O) groups is 1. The van der Waals surface area contributed by atoms with Crippen LogP contribution < -0.4 is 5.73 Å². The first-order valence-electron chi connectivity index (χ1n) is 6.67. The van der Waals surface area contributed by atoms with Gasteiger partial charge in [0.05, 0.1) is 10.4 Å². The zero-order valence-corrected chi connectivity index (χ0v) is 14.6. The summed E-state index contributed by atoms with van der Waals surface area (Å²) in [6.07, 6.45) is 1.25. The van der Waals surface area contributed by atoms with Gasteiger partial charge in [0.25, 0.3) is 0 Å². The smallest absolute Gasteiger partial charge is 0.235 e. The fourth-order valence-electron chi connectivity index (χ4n) is 2.31. The maximum atomic E-state index is 12.7. The zero-order valence-electron chi connectivity index (χ0n) is 12.1. The lowest BCUT2D eigenvalue weighted by Gasteiger charge is -2.33. The molecule has 0 saturated heterocycles. The van der Waals surface area contributed by atoms with Gasteiger partial charge in [0.2, 0.25) is 5.91 Å². The van der Waals surface area contributed by atoms with Crippen molar-refractivity contribution < 1.29 is 4.79 Å². The molecular weight excluding hydrogens is 336 g/mol. The second-order valence-corrected chi connectivity index (χ2v) is 6.30. The Balaban J connectivity index is 2.90. The number of rotatable bonds is 6. The number of thiocarbonyl (C=S) groups is 1. The van der Waals surface area contributed by atoms with Crippen molar-refractivity contribution in [2.75, 3.05) is 7.05 Å². The molecule has 0 unspecified atom stereocenters. The minimum absolute atomic E-state index is 0.00193. The Morgan fingerprint density at radius 2 is 1.80 bits per heavy atom. The van der Waals surface area contributed by atoms with E-state index >= 15 is 0 Å². The molecule has 1 rings (SSSR count). The largest absolute Gasteiger partial charge is 0.392 e. The molecule has 0 bridgehead atoms. The van der Waals surface area contributed by atoms with E-state index in [4.69, 9.17) is 18.0 Å². The van der Waals surface area contributed by atoms with Crippen LogP contribution in [0.25, 0.3) is 0 Å². The second kappa shape index (κ2) is 7.18. The molecular formula is C15H21BrN2OS. The lowest BCUT2D eigenvalue weighted by atomic mass is 9.80. The van der Waals surface area contributed by atoms with Crippen molar-refractivity contribution in [3.8, 4) is 0 Å². The van der Waals surface area contributed by atoms with Crippen LogP contribution in [0.5, 0.6) is 0 Å². The first-order chi connectivity index (χ1) is 9.37. The number of carbonyl (C=O) groups excluding carboxylic acids is 1. The summed E-state index contributed by atoms with van der Waals surface area (Å²) in [5.41, 5.74) is 6.18. The minimum Gasteiger partial charge on any atom is -0.392 e. The summed E-state index contributed by atoms with van der Waals surface area (Å²) >= 11 is 8.53. The molecule has 0 atom stereocenters. The normalized spacial score (nSPS) is 11.2. The summed E-state index contributed by atoms with van der Waals surface area (Å²) < 4.78 is 1.02. The maximum absolute atomic E-state index is 12.7. The van der Waals surface area contributed by atoms with E-state index in [1.54, 1.807) is 11.9 Å². The highest BCUT2D eigenvalue weighted by atomic mass is 79.9. The third kappa shape index (κ3) is 3.58. The molecule has 110 valence electrons. The Labute approximate surface area is 134 Å². The fraction of sp³-hybridized carbons (Fsp3) is 0.467. The molecule has 3 nitrogen and oxygen atoms in total. The predicted molar refractivity (Wildman–Crippen MR) is 90.4 cm³/mol. The Kier molecular flexibility index (Phi) is 6.14. The highest BCUT2D eigenvalue weighted by Gasteiger charge is 2.39. The van der Waals surface area contributed by atoms with Crippen LogP contribution in [-0.2, 0) is 11.3 Å². The highest BCUT2D eigenvalue weighted by molar-refractivity contribution is 9.10. The van der Waals surface area contributed by atoms with Crippen LogP contribution in [0.1, 0.15) is 32.3 Å². The monoisotopic (exact) mass is 356 g/mol. The van der Waals surface area contributed by atoms with Crippen LogP contribution >= 0.6 is 28.1 Å². The molecule has 0 saturated carbocycles. The number of amides is 1. The van der Waals surface area contributed by atoms with Crippen LogP contribution in [0.3, 0.4) is 0 Å². The first kappa shape index (κ1) is 17.1. The Hall–Kier alpha value is -0.940. The number of benzene rings is 1. The molecule has 5 heteroatoms. The molecule has 1 amide bonds. The van der Waals surface area contributed by atoms with Gasteiger partial charge in [-0.15, -0.1) is 0 Å². The van der Waals surface area contributed by atoms with Crippen LogP contribution in [0.15, 0.2) is 28.7 Å². The van der Waals surface area contributed by atoms with Crippen molar-refractivity contribution in [2.45, 2.75) is 33.2 Å². The summed E-state index contributed by atoms with van der Waals surface area (Å²) in [6.45, 7) is 4.46. The lowest BCUT2D eigenvalue weighted by molar-refractivity contribution is -0.137. The first-order valence-corrected chi connectivity index (χ1v) is 7.87. The average molecular weight is 357 g/mol. The van der Waals surface area contributed by atoms with E-state index in [1.807, 2.05) is 38.1 Å². The summed E-state index contributed by atoms with van der Waals surface area (Å²) in [5, 5.41) is 0. The third-order valence-electron chi connectivity index (χ3n) is 3.77. The van der Waals surface area contributed by atoms with E-state index in [9.17, 15) is 4.79 Å². The van der Waals surface area contributed by atoms with E-state index in [0.29, 0.717) is 19.4 Å². The molecule has 0 spiro atoms. The Morgan fingerprint density at radius 1 is 1.30 bits per heavy atom. The van der Waals surface area contributed by atoms with E-state index in [0.717, 1.165) is 10.0 Å². The predicted octanol–water partition coefficient (Wildman–Crippen LogP) is 3.50. The van der Waals surface area contributed by atoms with Gasteiger partial charge in [-0.3, -0.25) is 4.79 Å². The summed E-state index contributed by atoms with van der Waals surface area (Å²) in [5.74, 6) is -0.00193. The van der Waals surface area contributed by atoms with Gasteiger partial charge < -0.3 is 10.6 Å². The summed E-state index contributed by atoms with van der Waals surface area (Å²) in [6, 6.07) is 7.92. The molecule has 0 aromatic heterocycles. The van der Waals surface area contributed by atoms with Crippen LogP contribution in [-0.4, -0.2) is 22.8 Å². The van der Waals surface area contributed by atoms with Crippen LogP contribution in [0.4, 0.5) is 0 Å². The van der Waals surface area contributed by atoms with Crippen molar-refractivity contribution >= 4 is 39.0 Å². The summed E-state index contributed by atoms with van der Waals surface area (Å²) in [4.78, 5) is 14.7. The van der Waals surface area contributed by atoms with E-state index < -0.39 is 5.41 Å². The fourth-order valence-corrected chi connectivity index (χ4v) is 2.95. The number of halogens is 1. The molecule has 0 heterocycles.